The van der Waals surface area contributed by atoms with E-state index < -0.39 is 33.5 Å². The van der Waals surface area contributed by atoms with Crippen molar-refractivity contribution in [3.8, 4) is 0 Å². The number of halogens is 2. The number of anilines is 1. The van der Waals surface area contributed by atoms with Gasteiger partial charge in [-0.15, -0.1) is 0 Å². The highest BCUT2D eigenvalue weighted by Crippen LogP contribution is 2.22. The summed E-state index contributed by atoms with van der Waals surface area (Å²) in [5.74, 6) is -2.65. The zero-order chi connectivity index (χ0) is 18.0. The summed E-state index contributed by atoms with van der Waals surface area (Å²) < 4.78 is 53.2. The molecule has 1 atom stereocenters. The first-order valence-electron chi connectivity index (χ1n) is 7.65. The van der Waals surface area contributed by atoms with Gasteiger partial charge in [-0.3, -0.25) is 4.79 Å². The number of nitrogens with zero attached hydrogens (tertiary/aromatic N) is 1. The molecule has 1 saturated heterocycles. The number of carbonyl (C=O) groups excluding carboxylic acids is 1. The maximum Gasteiger partial charge on any atom is 0.245 e. The van der Waals surface area contributed by atoms with E-state index >= 15 is 0 Å². The van der Waals surface area contributed by atoms with Crippen LogP contribution in [-0.4, -0.2) is 26.9 Å². The molecule has 1 aliphatic heterocycles. The predicted molar refractivity (Wildman–Crippen MR) is 89.3 cm³/mol. The number of hydrogen-bond acceptors (Lipinski definition) is 3. The van der Waals surface area contributed by atoms with Gasteiger partial charge in [0.15, 0.2) is 0 Å². The Labute approximate surface area is 144 Å². The Hall–Kier alpha value is -2.32. The van der Waals surface area contributed by atoms with Crippen LogP contribution in [0.2, 0.25) is 0 Å². The van der Waals surface area contributed by atoms with Crippen LogP contribution < -0.4 is 9.62 Å². The van der Waals surface area contributed by atoms with E-state index in [9.17, 15) is 22.0 Å². The van der Waals surface area contributed by atoms with Crippen LogP contribution in [0, 0.1) is 11.6 Å². The molecule has 3 rings (SSSR count). The summed E-state index contributed by atoms with van der Waals surface area (Å²) in [5, 5.41) is 0. The van der Waals surface area contributed by atoms with Gasteiger partial charge in [-0.2, -0.15) is 0 Å². The molecule has 0 saturated carbocycles. The average molecular weight is 366 g/mol. The van der Waals surface area contributed by atoms with Gasteiger partial charge >= 0.3 is 0 Å². The van der Waals surface area contributed by atoms with Crippen LogP contribution in [0.3, 0.4) is 0 Å². The second kappa shape index (κ2) is 6.89. The molecule has 132 valence electrons. The third-order valence-corrected chi connectivity index (χ3v) is 5.23. The van der Waals surface area contributed by atoms with Crippen LogP contribution in [0.5, 0.6) is 0 Å². The second-order valence-corrected chi connectivity index (χ2v) is 7.58. The molecule has 2 aromatic carbocycles. The first kappa shape index (κ1) is 17.5. The molecule has 1 aliphatic rings. The minimum Gasteiger partial charge on any atom is -0.311 e. The minimum atomic E-state index is -3.92. The highest BCUT2D eigenvalue weighted by Gasteiger charge is 2.35. The maximum atomic E-state index is 13.2. The zero-order valence-electron chi connectivity index (χ0n) is 13.2. The summed E-state index contributed by atoms with van der Waals surface area (Å²) >= 11 is 0. The van der Waals surface area contributed by atoms with Crippen LogP contribution in [0.15, 0.2) is 48.5 Å². The Kier molecular flexibility index (Phi) is 4.82. The molecule has 1 heterocycles. The Morgan fingerprint density at radius 2 is 1.72 bits per heavy atom. The first-order valence-corrected chi connectivity index (χ1v) is 9.31. The maximum absolute atomic E-state index is 13.2. The van der Waals surface area contributed by atoms with Crippen molar-refractivity contribution in [1.29, 1.82) is 0 Å². The highest BCUT2D eigenvalue weighted by atomic mass is 32.2. The normalized spacial score (nSPS) is 17.9. The number of para-hydroxylation sites is 1. The molecule has 25 heavy (non-hydrogen) atoms. The number of carbonyl (C=O) groups is 1. The van der Waals surface area contributed by atoms with Gasteiger partial charge in [-0.05, 0) is 36.2 Å². The van der Waals surface area contributed by atoms with Gasteiger partial charge in [0.1, 0.15) is 17.7 Å². The molecule has 8 heteroatoms. The molecule has 0 aliphatic carbocycles. The zero-order valence-corrected chi connectivity index (χ0v) is 14.0. The van der Waals surface area contributed by atoms with Gasteiger partial charge < -0.3 is 4.90 Å². The molecule has 1 unspecified atom stereocenters. The van der Waals surface area contributed by atoms with E-state index in [-0.39, 0.29) is 11.5 Å². The molecular weight excluding hydrogens is 350 g/mol. The average Bonchev–Trinajstić information content (AvgIpc) is 2.87. The lowest BCUT2D eigenvalue weighted by Gasteiger charge is -2.17. The Bertz CT molecular complexity index is 868. The van der Waals surface area contributed by atoms with Crippen molar-refractivity contribution in [2.75, 3.05) is 11.4 Å². The number of nitrogens with one attached hydrogen (secondary N) is 1. The third kappa shape index (κ3) is 4.21. The van der Waals surface area contributed by atoms with E-state index in [1.165, 1.54) is 4.90 Å². The van der Waals surface area contributed by atoms with Crippen LogP contribution in [0.4, 0.5) is 14.5 Å². The topological polar surface area (TPSA) is 66.5 Å². The van der Waals surface area contributed by atoms with Crippen LogP contribution in [0.1, 0.15) is 12.0 Å². The smallest absolute Gasteiger partial charge is 0.245 e. The quantitative estimate of drug-likeness (QED) is 0.882. The molecule has 2 aromatic rings. The summed E-state index contributed by atoms with van der Waals surface area (Å²) in [4.78, 5) is 13.9. The van der Waals surface area contributed by atoms with E-state index in [0.29, 0.717) is 24.7 Å². The van der Waals surface area contributed by atoms with Gasteiger partial charge in [0.05, 0.1) is 5.75 Å². The third-order valence-electron chi connectivity index (χ3n) is 3.87. The largest absolute Gasteiger partial charge is 0.311 e. The highest BCUT2D eigenvalue weighted by molar-refractivity contribution is 7.88. The molecule has 1 amide bonds. The number of benzene rings is 2. The van der Waals surface area contributed by atoms with Crippen LogP contribution in [-0.2, 0) is 20.6 Å². The van der Waals surface area contributed by atoms with E-state index in [4.69, 9.17) is 0 Å². The molecule has 1 fully saturated rings. The predicted octanol–water partition coefficient (Wildman–Crippen LogP) is 2.19. The lowest BCUT2D eigenvalue weighted by atomic mass is 10.2. The van der Waals surface area contributed by atoms with Crippen molar-refractivity contribution < 1.29 is 22.0 Å². The van der Waals surface area contributed by atoms with Gasteiger partial charge in [0, 0.05) is 18.3 Å². The molecule has 1 N–H and O–H groups in total. The van der Waals surface area contributed by atoms with Crippen molar-refractivity contribution >= 4 is 21.6 Å². The van der Waals surface area contributed by atoms with Gasteiger partial charge in [-0.1, -0.05) is 18.2 Å². The van der Waals surface area contributed by atoms with Gasteiger partial charge in [0.25, 0.3) is 0 Å². The summed E-state index contributed by atoms with van der Waals surface area (Å²) in [6, 6.07) is 10.6. The molecule has 0 spiro atoms. The second-order valence-electron chi connectivity index (χ2n) is 5.82. The van der Waals surface area contributed by atoms with Crippen molar-refractivity contribution in [2.45, 2.75) is 18.2 Å². The van der Waals surface area contributed by atoms with Crippen LogP contribution in [0.25, 0.3) is 0 Å². The van der Waals surface area contributed by atoms with Crippen molar-refractivity contribution in [3.05, 3.63) is 65.7 Å². The molecule has 5 nitrogen and oxygen atoms in total. The van der Waals surface area contributed by atoms with E-state index in [2.05, 4.69) is 4.72 Å². The van der Waals surface area contributed by atoms with Crippen LogP contribution >= 0.6 is 0 Å². The van der Waals surface area contributed by atoms with Crippen molar-refractivity contribution in [1.82, 2.24) is 4.72 Å². The Morgan fingerprint density at radius 3 is 2.36 bits per heavy atom. The summed E-state index contributed by atoms with van der Waals surface area (Å²) in [6.07, 6.45) is 0.324. The minimum absolute atomic E-state index is 0.0182. The molecule has 0 aromatic heterocycles. The molecule has 0 radical (unpaired) electrons. The Balaban J connectivity index is 1.70. The van der Waals surface area contributed by atoms with E-state index in [1.54, 1.807) is 24.3 Å². The van der Waals surface area contributed by atoms with Gasteiger partial charge in [0.2, 0.25) is 15.9 Å². The first-order chi connectivity index (χ1) is 11.8. The summed E-state index contributed by atoms with van der Waals surface area (Å²) in [5.41, 5.74) is 0.678. The Morgan fingerprint density at radius 1 is 1.08 bits per heavy atom. The number of hydrogen-bond donors (Lipinski definition) is 1. The SMILES string of the molecule is O=C1C(NS(=O)(=O)Cc2cc(F)cc(F)c2)CCN1c1ccccc1. The lowest BCUT2D eigenvalue weighted by Crippen LogP contribution is -2.42. The number of amides is 1. The standard InChI is InChI=1S/C17H16F2N2O3S/c18-13-8-12(9-14(19)10-13)11-25(23,24)20-16-6-7-21(17(16)22)15-4-2-1-3-5-15/h1-5,8-10,16,20H,6-7,11H2. The summed E-state index contributed by atoms with van der Waals surface area (Å²) in [7, 11) is -3.92. The molecule has 0 bridgehead atoms. The summed E-state index contributed by atoms with van der Waals surface area (Å²) in [6.45, 7) is 0.393. The van der Waals surface area contributed by atoms with Crippen molar-refractivity contribution in [3.63, 3.8) is 0 Å². The molecular formula is C17H16F2N2O3S. The monoisotopic (exact) mass is 366 g/mol. The van der Waals surface area contributed by atoms with Gasteiger partial charge in [-0.25, -0.2) is 21.9 Å². The number of sulfonamides is 1. The fourth-order valence-electron chi connectivity index (χ4n) is 2.83. The van der Waals surface area contributed by atoms with E-state index in [0.717, 1.165) is 12.1 Å². The number of rotatable bonds is 5. The fourth-order valence-corrected chi connectivity index (χ4v) is 4.17. The van der Waals surface area contributed by atoms with Crippen molar-refractivity contribution in [2.24, 2.45) is 0 Å². The fraction of sp³-hybridized carbons (Fsp3) is 0.235. The van der Waals surface area contributed by atoms with E-state index in [1.807, 2.05) is 6.07 Å². The lowest BCUT2D eigenvalue weighted by molar-refractivity contribution is -0.118.